The van der Waals surface area contributed by atoms with Gasteiger partial charge in [0.05, 0.1) is 22.2 Å². The number of carbonyl (C=O) groups excluding carboxylic acids is 1. The third-order valence-electron chi connectivity index (χ3n) is 4.75. The molecule has 0 bridgehead atoms. The van der Waals surface area contributed by atoms with Crippen LogP contribution in [0.15, 0.2) is 75.8 Å². The average molecular weight is 513 g/mol. The first-order valence-electron chi connectivity index (χ1n) is 9.78. The lowest BCUT2D eigenvalue weighted by Crippen LogP contribution is -2.05. The smallest absolute Gasteiger partial charge is 0.363 e. The minimum atomic E-state index is -0.546. The molecule has 0 saturated heterocycles. The number of hydrogen-bond donors (Lipinski definition) is 0. The molecule has 0 atom stereocenters. The number of carbonyl (C=O) groups is 1. The molecule has 162 valence electrons. The van der Waals surface area contributed by atoms with E-state index in [0.717, 1.165) is 5.56 Å². The molecule has 0 amide bonds. The Hall–Kier alpha value is -3.09. The fraction of sp³-hybridized carbons (Fsp3) is 0.120. The van der Waals surface area contributed by atoms with Crippen LogP contribution in [0.4, 0.5) is 0 Å². The molecule has 1 heterocycles. The van der Waals surface area contributed by atoms with Crippen LogP contribution in [0.25, 0.3) is 6.08 Å². The van der Waals surface area contributed by atoms with Crippen LogP contribution in [0.5, 0.6) is 11.5 Å². The topological polar surface area (TPSA) is 57.1 Å². The second-order valence-electron chi connectivity index (χ2n) is 7.13. The molecular formula is C25H19BrClNO4. The number of methoxy groups -OCH3 is 1. The number of rotatable bonds is 6. The van der Waals surface area contributed by atoms with Crippen LogP contribution in [-0.4, -0.2) is 19.0 Å². The van der Waals surface area contributed by atoms with E-state index >= 15 is 0 Å². The molecule has 0 unspecified atom stereocenters. The molecule has 7 heteroatoms. The molecule has 0 spiro atoms. The molecule has 1 aliphatic heterocycles. The van der Waals surface area contributed by atoms with Gasteiger partial charge in [-0.15, -0.1) is 0 Å². The van der Waals surface area contributed by atoms with Crippen LogP contribution in [0.3, 0.4) is 0 Å². The van der Waals surface area contributed by atoms with Gasteiger partial charge in [-0.2, -0.15) is 0 Å². The molecule has 0 aliphatic carbocycles. The number of ether oxygens (including phenoxy) is 3. The Bertz CT molecular complexity index is 1250. The normalized spacial score (nSPS) is 14.3. The van der Waals surface area contributed by atoms with Gasteiger partial charge in [-0.05, 0) is 64.3 Å². The lowest BCUT2D eigenvalue weighted by molar-refractivity contribution is -0.129. The van der Waals surface area contributed by atoms with E-state index in [0.29, 0.717) is 38.7 Å². The lowest BCUT2D eigenvalue weighted by Gasteiger charge is -2.14. The SMILES string of the molecule is COc1cc(/C=C2\N=C(c3ccccc3Cl)OC2=O)cc(Br)c1OCc1cccc(C)c1. The minimum absolute atomic E-state index is 0.169. The van der Waals surface area contributed by atoms with E-state index in [1.54, 1.807) is 43.5 Å². The number of hydrogen-bond acceptors (Lipinski definition) is 5. The van der Waals surface area contributed by atoms with Gasteiger partial charge >= 0.3 is 5.97 Å². The number of aliphatic imine (C=N–C) groups is 1. The Labute approximate surface area is 199 Å². The number of aryl methyl sites for hydroxylation is 1. The standard InChI is InChI=1S/C25H19BrClNO4/c1-15-6-5-7-16(10-15)14-31-23-19(26)11-17(13-22(23)30-2)12-21-25(29)32-24(28-21)18-8-3-4-9-20(18)27/h3-13H,14H2,1-2H3/b21-12-. The minimum Gasteiger partial charge on any atom is -0.493 e. The van der Waals surface area contributed by atoms with Gasteiger partial charge in [-0.25, -0.2) is 9.79 Å². The van der Waals surface area contributed by atoms with Crippen LogP contribution < -0.4 is 9.47 Å². The molecule has 1 aliphatic rings. The summed E-state index contributed by atoms with van der Waals surface area (Å²) in [5, 5.41) is 0.458. The largest absolute Gasteiger partial charge is 0.493 e. The van der Waals surface area contributed by atoms with Gasteiger partial charge in [0.2, 0.25) is 5.90 Å². The first-order chi connectivity index (χ1) is 15.4. The Kier molecular flexibility index (Phi) is 6.63. The number of halogens is 2. The fourth-order valence-corrected chi connectivity index (χ4v) is 4.03. The quantitative estimate of drug-likeness (QED) is 0.285. The van der Waals surface area contributed by atoms with Gasteiger partial charge < -0.3 is 14.2 Å². The van der Waals surface area contributed by atoms with E-state index in [1.165, 1.54) is 5.56 Å². The number of nitrogens with zero attached hydrogens (tertiary/aromatic N) is 1. The van der Waals surface area contributed by atoms with Gasteiger partial charge in [0.15, 0.2) is 17.2 Å². The molecule has 0 N–H and O–H groups in total. The number of benzene rings is 3. The summed E-state index contributed by atoms with van der Waals surface area (Å²) in [5.41, 5.74) is 3.65. The van der Waals surface area contributed by atoms with E-state index in [9.17, 15) is 4.79 Å². The van der Waals surface area contributed by atoms with Crippen LogP contribution in [-0.2, 0) is 16.1 Å². The van der Waals surface area contributed by atoms with Crippen molar-refractivity contribution in [3.63, 3.8) is 0 Å². The van der Waals surface area contributed by atoms with Crippen LogP contribution in [0.1, 0.15) is 22.3 Å². The Balaban J connectivity index is 1.60. The highest BCUT2D eigenvalue weighted by molar-refractivity contribution is 9.10. The summed E-state index contributed by atoms with van der Waals surface area (Å²) in [5.74, 6) is 0.733. The summed E-state index contributed by atoms with van der Waals surface area (Å²) in [6, 6.07) is 18.8. The van der Waals surface area contributed by atoms with Crippen molar-refractivity contribution in [1.82, 2.24) is 0 Å². The lowest BCUT2D eigenvalue weighted by atomic mass is 10.1. The van der Waals surface area contributed by atoms with E-state index in [-0.39, 0.29) is 11.6 Å². The third kappa shape index (κ3) is 4.87. The molecule has 32 heavy (non-hydrogen) atoms. The summed E-state index contributed by atoms with van der Waals surface area (Å²) in [6.45, 7) is 2.44. The molecule has 3 aromatic carbocycles. The van der Waals surface area contributed by atoms with Crippen molar-refractivity contribution >= 4 is 45.5 Å². The molecule has 3 aromatic rings. The Morgan fingerprint density at radius 3 is 2.69 bits per heavy atom. The Morgan fingerprint density at radius 1 is 1.12 bits per heavy atom. The predicted octanol–water partition coefficient (Wildman–Crippen LogP) is 6.34. The zero-order valence-corrected chi connectivity index (χ0v) is 19.7. The summed E-state index contributed by atoms with van der Waals surface area (Å²) in [6.07, 6.45) is 1.63. The van der Waals surface area contributed by atoms with Crippen molar-refractivity contribution in [1.29, 1.82) is 0 Å². The number of esters is 1. The van der Waals surface area contributed by atoms with Crippen molar-refractivity contribution in [2.45, 2.75) is 13.5 Å². The highest BCUT2D eigenvalue weighted by Crippen LogP contribution is 2.38. The maximum absolute atomic E-state index is 12.4. The van der Waals surface area contributed by atoms with Crippen molar-refractivity contribution in [2.24, 2.45) is 4.99 Å². The Morgan fingerprint density at radius 2 is 1.94 bits per heavy atom. The summed E-state index contributed by atoms with van der Waals surface area (Å²) in [7, 11) is 1.57. The first-order valence-corrected chi connectivity index (χ1v) is 10.9. The molecule has 0 aromatic heterocycles. The molecule has 5 nitrogen and oxygen atoms in total. The molecule has 0 radical (unpaired) electrons. The zero-order chi connectivity index (χ0) is 22.7. The van der Waals surface area contributed by atoms with Crippen LogP contribution >= 0.6 is 27.5 Å². The van der Waals surface area contributed by atoms with E-state index in [4.69, 9.17) is 25.8 Å². The summed E-state index contributed by atoms with van der Waals surface area (Å²) < 4.78 is 17.5. The van der Waals surface area contributed by atoms with Gasteiger partial charge in [0, 0.05) is 0 Å². The maximum Gasteiger partial charge on any atom is 0.363 e. The second kappa shape index (κ2) is 9.59. The zero-order valence-electron chi connectivity index (χ0n) is 17.4. The van der Waals surface area contributed by atoms with E-state index in [1.807, 2.05) is 31.2 Å². The maximum atomic E-state index is 12.4. The van der Waals surface area contributed by atoms with Gasteiger partial charge in [0.25, 0.3) is 0 Å². The summed E-state index contributed by atoms with van der Waals surface area (Å²) in [4.78, 5) is 16.7. The summed E-state index contributed by atoms with van der Waals surface area (Å²) >= 11 is 9.74. The van der Waals surface area contributed by atoms with Crippen LogP contribution in [0, 0.1) is 6.92 Å². The van der Waals surface area contributed by atoms with Gasteiger partial charge in [0.1, 0.15) is 6.61 Å². The monoisotopic (exact) mass is 511 g/mol. The van der Waals surface area contributed by atoms with Gasteiger partial charge in [-0.3, -0.25) is 0 Å². The van der Waals surface area contributed by atoms with Gasteiger partial charge in [-0.1, -0.05) is 53.6 Å². The average Bonchev–Trinajstić information content (AvgIpc) is 3.13. The number of cyclic esters (lactones) is 1. The van der Waals surface area contributed by atoms with E-state index in [2.05, 4.69) is 27.0 Å². The van der Waals surface area contributed by atoms with E-state index < -0.39 is 5.97 Å². The van der Waals surface area contributed by atoms with Crippen molar-refractivity contribution < 1.29 is 19.0 Å². The molecular weight excluding hydrogens is 494 g/mol. The predicted molar refractivity (Wildman–Crippen MR) is 128 cm³/mol. The first kappa shape index (κ1) is 22.1. The highest BCUT2D eigenvalue weighted by Gasteiger charge is 2.25. The second-order valence-corrected chi connectivity index (χ2v) is 8.39. The molecule has 4 rings (SSSR count). The van der Waals surface area contributed by atoms with Crippen LogP contribution in [0.2, 0.25) is 5.02 Å². The van der Waals surface area contributed by atoms with Crippen molar-refractivity contribution in [2.75, 3.05) is 7.11 Å². The third-order valence-corrected chi connectivity index (χ3v) is 5.66. The molecule has 0 saturated carbocycles. The molecule has 0 fully saturated rings. The van der Waals surface area contributed by atoms with Crippen molar-refractivity contribution in [3.8, 4) is 11.5 Å². The fourth-order valence-electron chi connectivity index (χ4n) is 3.24. The highest BCUT2D eigenvalue weighted by atomic mass is 79.9. The van der Waals surface area contributed by atoms with Crippen molar-refractivity contribution in [3.05, 3.63) is 98.1 Å².